The van der Waals surface area contributed by atoms with Gasteiger partial charge in [0.25, 0.3) is 0 Å². The van der Waals surface area contributed by atoms with Gasteiger partial charge in [0.05, 0.1) is 39.0 Å². The van der Waals surface area contributed by atoms with Gasteiger partial charge in [0, 0.05) is 0 Å². The number of benzene rings is 3. The van der Waals surface area contributed by atoms with Crippen LogP contribution in [0.1, 0.15) is 0 Å². The zero-order chi connectivity index (χ0) is 21.5. The standard InChI is InChI=1S/C26H30N2O3/c1-30-26-10-6-5-9-25(26)28-17-15-27(16-18-28)19-23(29)20-31-24-13-11-22(12-14-24)21-7-3-2-4-8-21/h2-14,23,29H,15-20H2,1H3/p+1/t23-/m1/s1. The minimum Gasteiger partial charge on any atom is -0.495 e. The Labute approximate surface area is 184 Å². The van der Waals surface area contributed by atoms with Crippen LogP contribution in [0.2, 0.25) is 0 Å². The van der Waals surface area contributed by atoms with Crippen LogP contribution >= 0.6 is 0 Å². The van der Waals surface area contributed by atoms with Crippen molar-refractivity contribution in [1.82, 2.24) is 0 Å². The van der Waals surface area contributed by atoms with Crippen molar-refractivity contribution >= 4 is 5.69 Å². The number of methoxy groups -OCH3 is 1. The Morgan fingerprint density at radius 3 is 2.23 bits per heavy atom. The van der Waals surface area contributed by atoms with Gasteiger partial charge in [0.15, 0.2) is 0 Å². The molecule has 5 nitrogen and oxygen atoms in total. The first-order valence-corrected chi connectivity index (χ1v) is 10.9. The molecular formula is C26H31N2O3+. The summed E-state index contributed by atoms with van der Waals surface area (Å²) in [6.07, 6.45) is -0.485. The van der Waals surface area contributed by atoms with Gasteiger partial charge in [-0.15, -0.1) is 0 Å². The zero-order valence-corrected chi connectivity index (χ0v) is 18.0. The minimum atomic E-state index is -0.485. The molecule has 1 aliphatic rings. The first kappa shape index (κ1) is 21.2. The fraction of sp³-hybridized carbons (Fsp3) is 0.308. The van der Waals surface area contributed by atoms with E-state index in [1.807, 2.05) is 48.5 Å². The Morgan fingerprint density at radius 2 is 1.52 bits per heavy atom. The van der Waals surface area contributed by atoms with E-state index in [1.165, 1.54) is 10.5 Å². The molecule has 5 heteroatoms. The quantitative estimate of drug-likeness (QED) is 0.589. The highest BCUT2D eigenvalue weighted by molar-refractivity contribution is 5.63. The molecule has 0 amide bonds. The number of quaternary nitrogens is 1. The SMILES string of the molecule is COc1ccccc1N1CC[NH+](C[C@@H](O)COc2ccc(-c3ccccc3)cc2)CC1. The highest BCUT2D eigenvalue weighted by Crippen LogP contribution is 2.27. The summed E-state index contributed by atoms with van der Waals surface area (Å²) in [5.74, 6) is 1.70. The summed E-state index contributed by atoms with van der Waals surface area (Å²) >= 11 is 0. The Morgan fingerprint density at radius 1 is 0.871 bits per heavy atom. The van der Waals surface area contributed by atoms with E-state index in [0.29, 0.717) is 13.2 Å². The molecule has 0 spiro atoms. The monoisotopic (exact) mass is 419 g/mol. The van der Waals surface area contributed by atoms with Crippen molar-refractivity contribution in [2.75, 3.05) is 51.3 Å². The maximum Gasteiger partial charge on any atom is 0.142 e. The average Bonchev–Trinajstić information content (AvgIpc) is 2.84. The molecule has 3 aromatic rings. The van der Waals surface area contributed by atoms with Crippen LogP contribution < -0.4 is 19.3 Å². The topological polar surface area (TPSA) is 46.4 Å². The lowest BCUT2D eigenvalue weighted by atomic mass is 10.1. The molecule has 4 rings (SSSR count). The van der Waals surface area contributed by atoms with Gasteiger partial charge in [0.2, 0.25) is 0 Å². The van der Waals surface area contributed by atoms with Gasteiger partial charge in [-0.3, -0.25) is 0 Å². The van der Waals surface area contributed by atoms with Crippen molar-refractivity contribution in [3.8, 4) is 22.6 Å². The Bertz CT molecular complexity index is 938. The highest BCUT2D eigenvalue weighted by Gasteiger charge is 2.24. The van der Waals surface area contributed by atoms with Gasteiger partial charge in [-0.1, -0.05) is 54.6 Å². The van der Waals surface area contributed by atoms with E-state index in [-0.39, 0.29) is 0 Å². The molecule has 31 heavy (non-hydrogen) atoms. The van der Waals surface area contributed by atoms with E-state index < -0.39 is 6.10 Å². The number of anilines is 1. The summed E-state index contributed by atoms with van der Waals surface area (Å²) in [5, 5.41) is 10.5. The van der Waals surface area contributed by atoms with E-state index in [2.05, 4.69) is 35.2 Å². The van der Waals surface area contributed by atoms with Crippen LogP contribution in [0.4, 0.5) is 5.69 Å². The van der Waals surface area contributed by atoms with E-state index in [4.69, 9.17) is 9.47 Å². The number of piperazine rings is 1. The number of hydrogen-bond acceptors (Lipinski definition) is 4. The molecule has 0 unspecified atom stereocenters. The lowest BCUT2D eigenvalue weighted by molar-refractivity contribution is -0.903. The lowest BCUT2D eigenvalue weighted by Crippen LogP contribution is -3.16. The van der Waals surface area contributed by atoms with Gasteiger partial charge >= 0.3 is 0 Å². The second kappa shape index (κ2) is 10.3. The Hall–Kier alpha value is -3.02. The third-order valence-corrected chi connectivity index (χ3v) is 5.82. The summed E-state index contributed by atoms with van der Waals surface area (Å²) in [5.41, 5.74) is 3.49. The number of ether oxygens (including phenoxy) is 2. The van der Waals surface area contributed by atoms with Crippen molar-refractivity contribution in [2.24, 2.45) is 0 Å². The highest BCUT2D eigenvalue weighted by atomic mass is 16.5. The van der Waals surface area contributed by atoms with Gasteiger partial charge < -0.3 is 24.4 Å². The van der Waals surface area contributed by atoms with Crippen LogP contribution in [0.5, 0.6) is 11.5 Å². The van der Waals surface area contributed by atoms with Crippen LogP contribution in [0.3, 0.4) is 0 Å². The zero-order valence-electron chi connectivity index (χ0n) is 18.0. The number of nitrogens with zero attached hydrogens (tertiary/aromatic N) is 1. The van der Waals surface area contributed by atoms with Crippen LogP contribution in [-0.2, 0) is 0 Å². The van der Waals surface area contributed by atoms with Crippen molar-refractivity contribution in [3.63, 3.8) is 0 Å². The predicted octanol–water partition coefficient (Wildman–Crippen LogP) is 2.51. The van der Waals surface area contributed by atoms with Gasteiger partial charge in [-0.2, -0.15) is 0 Å². The minimum absolute atomic E-state index is 0.310. The third-order valence-electron chi connectivity index (χ3n) is 5.82. The maximum atomic E-state index is 10.5. The number of para-hydroxylation sites is 2. The molecule has 0 bridgehead atoms. The van der Waals surface area contributed by atoms with E-state index in [1.54, 1.807) is 7.11 Å². The maximum absolute atomic E-state index is 10.5. The first-order valence-electron chi connectivity index (χ1n) is 10.9. The lowest BCUT2D eigenvalue weighted by Gasteiger charge is -2.35. The molecule has 1 saturated heterocycles. The molecule has 1 aliphatic heterocycles. The van der Waals surface area contributed by atoms with E-state index in [0.717, 1.165) is 48.9 Å². The van der Waals surface area contributed by atoms with Crippen LogP contribution in [-0.4, -0.2) is 57.7 Å². The van der Waals surface area contributed by atoms with Crippen LogP contribution in [0.25, 0.3) is 11.1 Å². The second-order valence-corrected chi connectivity index (χ2v) is 7.97. The summed E-state index contributed by atoms with van der Waals surface area (Å²) in [6.45, 7) is 4.88. The number of rotatable bonds is 8. The Balaban J connectivity index is 1.22. The third kappa shape index (κ3) is 5.57. The van der Waals surface area contributed by atoms with Crippen molar-refractivity contribution < 1.29 is 19.5 Å². The van der Waals surface area contributed by atoms with Gasteiger partial charge in [0.1, 0.15) is 30.8 Å². The number of nitrogens with one attached hydrogen (secondary N) is 1. The first-order chi connectivity index (χ1) is 15.2. The van der Waals surface area contributed by atoms with Crippen molar-refractivity contribution in [3.05, 3.63) is 78.9 Å². The summed E-state index contributed by atoms with van der Waals surface area (Å²) in [4.78, 5) is 3.76. The molecule has 1 fully saturated rings. The molecule has 2 N–H and O–H groups in total. The second-order valence-electron chi connectivity index (χ2n) is 7.97. The molecule has 3 aromatic carbocycles. The summed E-state index contributed by atoms with van der Waals surface area (Å²) in [6, 6.07) is 26.5. The average molecular weight is 420 g/mol. The fourth-order valence-electron chi connectivity index (χ4n) is 4.12. The van der Waals surface area contributed by atoms with Gasteiger partial charge in [-0.05, 0) is 35.4 Å². The molecule has 0 saturated carbocycles. The van der Waals surface area contributed by atoms with E-state index >= 15 is 0 Å². The summed E-state index contributed by atoms with van der Waals surface area (Å²) < 4.78 is 11.3. The predicted molar refractivity (Wildman–Crippen MR) is 124 cm³/mol. The molecular weight excluding hydrogens is 388 g/mol. The van der Waals surface area contributed by atoms with E-state index in [9.17, 15) is 5.11 Å². The smallest absolute Gasteiger partial charge is 0.142 e. The number of hydrogen-bond donors (Lipinski definition) is 2. The normalized spacial score (nSPS) is 15.5. The fourth-order valence-corrected chi connectivity index (χ4v) is 4.12. The molecule has 0 aliphatic carbocycles. The number of aliphatic hydroxyl groups excluding tert-OH is 1. The summed E-state index contributed by atoms with van der Waals surface area (Å²) in [7, 11) is 1.71. The van der Waals surface area contributed by atoms with Crippen LogP contribution in [0, 0.1) is 0 Å². The van der Waals surface area contributed by atoms with Crippen molar-refractivity contribution in [2.45, 2.75) is 6.10 Å². The Kier molecular flexibility index (Phi) is 7.07. The molecule has 0 radical (unpaired) electrons. The van der Waals surface area contributed by atoms with Crippen molar-refractivity contribution in [1.29, 1.82) is 0 Å². The molecule has 1 heterocycles. The van der Waals surface area contributed by atoms with Crippen LogP contribution in [0.15, 0.2) is 78.9 Å². The largest absolute Gasteiger partial charge is 0.495 e. The molecule has 0 aromatic heterocycles. The molecule has 162 valence electrons. The molecule has 1 atom stereocenters. The van der Waals surface area contributed by atoms with Gasteiger partial charge in [-0.25, -0.2) is 0 Å². The number of aliphatic hydroxyl groups is 1.